The highest BCUT2D eigenvalue weighted by molar-refractivity contribution is 7.13. The Bertz CT molecular complexity index is 857. The van der Waals surface area contributed by atoms with Crippen molar-refractivity contribution in [3.8, 4) is 10.6 Å². The molecule has 0 N–H and O–H groups in total. The summed E-state index contributed by atoms with van der Waals surface area (Å²) < 4.78 is 2.28. The summed E-state index contributed by atoms with van der Waals surface area (Å²) in [5.41, 5.74) is 3.55. The second kappa shape index (κ2) is 5.14. The maximum Gasteiger partial charge on any atom is 0.123 e. The number of thiazole rings is 1. The van der Waals surface area contributed by atoms with Gasteiger partial charge in [0.25, 0.3) is 0 Å². The van der Waals surface area contributed by atoms with Crippen molar-refractivity contribution in [2.45, 2.75) is 25.8 Å². The van der Waals surface area contributed by atoms with Crippen molar-refractivity contribution in [2.24, 2.45) is 5.92 Å². The van der Waals surface area contributed by atoms with E-state index >= 15 is 0 Å². The van der Waals surface area contributed by atoms with Gasteiger partial charge in [0.1, 0.15) is 5.01 Å². The summed E-state index contributed by atoms with van der Waals surface area (Å²) in [6.07, 6.45) is 4.67. The Hall–Kier alpha value is -1.72. The molecule has 3 fully saturated rings. The number of piperidine rings is 3. The summed E-state index contributed by atoms with van der Waals surface area (Å²) in [6.45, 7) is 5.75. The van der Waals surface area contributed by atoms with Crippen LogP contribution >= 0.6 is 11.3 Å². The molecule has 0 saturated carbocycles. The van der Waals surface area contributed by atoms with E-state index in [2.05, 4.69) is 38.1 Å². The van der Waals surface area contributed by atoms with Gasteiger partial charge >= 0.3 is 0 Å². The first kappa shape index (κ1) is 13.7. The van der Waals surface area contributed by atoms with Crippen molar-refractivity contribution in [1.82, 2.24) is 19.7 Å². The molecule has 3 aliphatic rings. The Morgan fingerprint density at radius 1 is 1.22 bits per heavy atom. The van der Waals surface area contributed by atoms with E-state index in [0.29, 0.717) is 6.04 Å². The molecule has 2 aromatic heterocycles. The minimum atomic E-state index is 0.544. The van der Waals surface area contributed by atoms with Crippen LogP contribution < -0.4 is 0 Å². The lowest BCUT2D eigenvalue weighted by Gasteiger charge is -2.44. The molecule has 2 bridgehead atoms. The molecule has 6 rings (SSSR count). The summed E-state index contributed by atoms with van der Waals surface area (Å²) in [6, 6.07) is 7.20. The van der Waals surface area contributed by atoms with Crippen LogP contribution in [0.3, 0.4) is 0 Å². The van der Waals surface area contributed by atoms with Crippen LogP contribution in [-0.4, -0.2) is 39.3 Å². The van der Waals surface area contributed by atoms with E-state index in [-0.39, 0.29) is 0 Å². The minimum Gasteiger partial charge on any atom is -0.301 e. The molecule has 1 atom stereocenters. The van der Waals surface area contributed by atoms with E-state index in [0.717, 1.165) is 23.2 Å². The van der Waals surface area contributed by atoms with Crippen molar-refractivity contribution in [3.63, 3.8) is 0 Å². The van der Waals surface area contributed by atoms with Crippen LogP contribution in [0.1, 0.15) is 24.6 Å². The van der Waals surface area contributed by atoms with Crippen molar-refractivity contribution in [3.05, 3.63) is 35.5 Å². The molecule has 118 valence electrons. The van der Waals surface area contributed by atoms with Gasteiger partial charge in [-0.05, 0) is 57.0 Å². The highest BCUT2D eigenvalue weighted by atomic mass is 32.1. The third-order valence-electron chi connectivity index (χ3n) is 5.40. The van der Waals surface area contributed by atoms with Crippen LogP contribution in [0.5, 0.6) is 0 Å². The molecule has 0 radical (unpaired) electrons. The molecule has 3 saturated heterocycles. The molecule has 0 spiro atoms. The number of fused-ring (bicyclic) bond motifs is 4. The van der Waals surface area contributed by atoms with Gasteiger partial charge in [0.15, 0.2) is 0 Å². The van der Waals surface area contributed by atoms with Crippen LogP contribution in [0.2, 0.25) is 0 Å². The number of aromatic nitrogens is 3. The maximum absolute atomic E-state index is 4.75. The second-order valence-corrected chi connectivity index (χ2v) is 7.72. The van der Waals surface area contributed by atoms with Crippen molar-refractivity contribution in [1.29, 1.82) is 0 Å². The Labute approximate surface area is 139 Å². The summed E-state index contributed by atoms with van der Waals surface area (Å²) in [5.74, 6) is 0.796. The number of nitrogens with zero attached hydrogens (tertiary/aromatic N) is 4. The smallest absolute Gasteiger partial charge is 0.123 e. The molecule has 5 heterocycles. The van der Waals surface area contributed by atoms with E-state index in [1.165, 1.54) is 42.4 Å². The van der Waals surface area contributed by atoms with Crippen molar-refractivity contribution < 1.29 is 0 Å². The monoisotopic (exact) mass is 324 g/mol. The molecule has 0 unspecified atom stereocenters. The average Bonchev–Trinajstić information content (AvgIpc) is 3.21. The van der Waals surface area contributed by atoms with Gasteiger partial charge in [-0.25, -0.2) is 4.98 Å². The maximum atomic E-state index is 4.75. The van der Waals surface area contributed by atoms with Crippen molar-refractivity contribution >= 4 is 22.2 Å². The summed E-state index contributed by atoms with van der Waals surface area (Å²) in [5, 5.41) is 9.18. The summed E-state index contributed by atoms with van der Waals surface area (Å²) >= 11 is 1.71. The van der Waals surface area contributed by atoms with Gasteiger partial charge < -0.3 is 4.90 Å². The predicted molar refractivity (Wildman–Crippen MR) is 93.8 cm³/mol. The van der Waals surface area contributed by atoms with Crippen LogP contribution in [0.4, 0.5) is 0 Å². The first-order valence-electron chi connectivity index (χ1n) is 8.40. The van der Waals surface area contributed by atoms with Gasteiger partial charge in [-0.15, -0.1) is 11.3 Å². The van der Waals surface area contributed by atoms with Gasteiger partial charge in [0.05, 0.1) is 17.8 Å². The van der Waals surface area contributed by atoms with Crippen LogP contribution in [-0.2, 0) is 0 Å². The zero-order valence-electron chi connectivity index (χ0n) is 13.3. The number of benzene rings is 1. The molecule has 0 amide bonds. The first-order chi connectivity index (χ1) is 11.3. The SMILES string of the molecule is Cc1csc(-c2ccc3c(cnn3[C@H]3CN4CCC3CC4)c2)n1. The zero-order chi connectivity index (χ0) is 15.4. The van der Waals surface area contributed by atoms with Crippen LogP contribution in [0, 0.1) is 12.8 Å². The highest BCUT2D eigenvalue weighted by Crippen LogP contribution is 2.37. The highest BCUT2D eigenvalue weighted by Gasteiger charge is 2.36. The molecule has 0 aliphatic carbocycles. The predicted octanol–water partition coefficient (Wildman–Crippen LogP) is 3.73. The fourth-order valence-electron chi connectivity index (χ4n) is 4.15. The number of rotatable bonds is 2. The Balaban J connectivity index is 1.54. The molecule has 5 heteroatoms. The lowest BCUT2D eigenvalue weighted by Crippen LogP contribution is -2.48. The summed E-state index contributed by atoms with van der Waals surface area (Å²) in [7, 11) is 0. The van der Waals surface area contributed by atoms with E-state index in [4.69, 9.17) is 5.10 Å². The third-order valence-corrected chi connectivity index (χ3v) is 6.41. The third kappa shape index (κ3) is 2.22. The van der Waals surface area contributed by atoms with Gasteiger partial charge in [-0.1, -0.05) is 0 Å². The van der Waals surface area contributed by atoms with E-state index < -0.39 is 0 Å². The second-order valence-electron chi connectivity index (χ2n) is 6.86. The van der Waals surface area contributed by atoms with Crippen LogP contribution in [0.15, 0.2) is 29.8 Å². The lowest BCUT2D eigenvalue weighted by molar-refractivity contribution is 0.0534. The molecule has 3 aromatic rings. The Kier molecular flexibility index (Phi) is 3.06. The Morgan fingerprint density at radius 2 is 2.09 bits per heavy atom. The summed E-state index contributed by atoms with van der Waals surface area (Å²) in [4.78, 5) is 7.19. The quantitative estimate of drug-likeness (QED) is 0.720. The minimum absolute atomic E-state index is 0.544. The van der Waals surface area contributed by atoms with Gasteiger partial charge in [0, 0.05) is 28.6 Å². The number of hydrogen-bond acceptors (Lipinski definition) is 4. The fourth-order valence-corrected chi connectivity index (χ4v) is 4.94. The molecule has 3 aliphatic heterocycles. The molecule has 23 heavy (non-hydrogen) atoms. The lowest BCUT2D eigenvalue weighted by atomic mass is 9.84. The first-order valence-corrected chi connectivity index (χ1v) is 9.28. The Morgan fingerprint density at radius 3 is 2.78 bits per heavy atom. The van der Waals surface area contributed by atoms with Crippen LogP contribution in [0.25, 0.3) is 21.5 Å². The molecule has 4 nitrogen and oxygen atoms in total. The molecular weight excluding hydrogens is 304 g/mol. The zero-order valence-corrected chi connectivity index (χ0v) is 14.1. The molecular formula is C18H20N4S. The van der Waals surface area contributed by atoms with E-state index in [1.807, 2.05) is 13.1 Å². The van der Waals surface area contributed by atoms with Gasteiger partial charge in [-0.2, -0.15) is 5.10 Å². The molecule has 1 aromatic carbocycles. The normalized spacial score (nSPS) is 26.9. The largest absolute Gasteiger partial charge is 0.301 e. The van der Waals surface area contributed by atoms with Gasteiger partial charge in [-0.3, -0.25) is 4.68 Å². The number of hydrogen-bond donors (Lipinski definition) is 0. The average molecular weight is 324 g/mol. The van der Waals surface area contributed by atoms with Crippen molar-refractivity contribution in [2.75, 3.05) is 19.6 Å². The van der Waals surface area contributed by atoms with Gasteiger partial charge in [0.2, 0.25) is 0 Å². The fraction of sp³-hybridized carbons (Fsp3) is 0.444. The topological polar surface area (TPSA) is 34.0 Å². The standard InChI is InChI=1S/C18H20N4S/c1-12-11-23-18(20-12)14-2-3-16-15(8-14)9-19-22(16)17-10-21-6-4-13(17)5-7-21/h2-3,8-9,11,13,17H,4-7,10H2,1H3/t17-/m0/s1. The van der Waals surface area contributed by atoms with E-state index in [9.17, 15) is 0 Å². The van der Waals surface area contributed by atoms with E-state index in [1.54, 1.807) is 11.3 Å². The number of aryl methyl sites for hydroxylation is 1.